The lowest BCUT2D eigenvalue weighted by Crippen LogP contribution is -2.38. The van der Waals surface area contributed by atoms with Crippen molar-refractivity contribution in [3.8, 4) is 0 Å². The van der Waals surface area contributed by atoms with Crippen molar-refractivity contribution in [1.82, 2.24) is 0 Å². The molecule has 1 aromatic carbocycles. The molecule has 1 nitrogen and oxygen atoms in total. The van der Waals surface area contributed by atoms with Crippen LogP contribution in [0.25, 0.3) is 0 Å². The second-order valence-corrected chi connectivity index (χ2v) is 5.30. The van der Waals surface area contributed by atoms with Crippen molar-refractivity contribution >= 4 is 15.9 Å². The minimum Gasteiger partial charge on any atom is -0.325 e. The first kappa shape index (κ1) is 12.6. The molecule has 0 aromatic heterocycles. The predicted molar refractivity (Wildman–Crippen MR) is 60.9 cm³/mol. The van der Waals surface area contributed by atoms with Crippen molar-refractivity contribution in [1.29, 1.82) is 0 Å². The van der Waals surface area contributed by atoms with E-state index >= 15 is 0 Å². The maximum Gasteiger partial charge on any atom is 0.275 e. The minimum absolute atomic E-state index is 0.00426. The molecule has 0 bridgehead atoms. The summed E-state index contributed by atoms with van der Waals surface area (Å²) in [5.41, 5.74) is 4.72. The van der Waals surface area contributed by atoms with E-state index in [4.69, 9.17) is 5.73 Å². The van der Waals surface area contributed by atoms with Crippen molar-refractivity contribution in [2.45, 2.75) is 31.7 Å². The summed E-state index contributed by atoms with van der Waals surface area (Å²) in [6, 6.07) is 6.15. The maximum absolute atomic E-state index is 13.7. The summed E-state index contributed by atoms with van der Waals surface area (Å²) in [6.45, 7) is 3.19. The first-order chi connectivity index (χ1) is 6.71. The Kier molecular flexibility index (Phi) is 3.51. The second-order valence-electron chi connectivity index (χ2n) is 4.38. The van der Waals surface area contributed by atoms with Crippen molar-refractivity contribution < 1.29 is 8.78 Å². The maximum atomic E-state index is 13.7. The summed E-state index contributed by atoms with van der Waals surface area (Å²) in [4.78, 5) is 0. The van der Waals surface area contributed by atoms with E-state index in [9.17, 15) is 8.78 Å². The van der Waals surface area contributed by atoms with Crippen molar-refractivity contribution in [3.63, 3.8) is 0 Å². The molecule has 0 spiro atoms. The highest BCUT2D eigenvalue weighted by Crippen LogP contribution is 2.36. The van der Waals surface area contributed by atoms with Gasteiger partial charge in [-0.3, -0.25) is 0 Å². The molecule has 4 heteroatoms. The van der Waals surface area contributed by atoms with Gasteiger partial charge in [-0.2, -0.15) is 0 Å². The van der Waals surface area contributed by atoms with Gasteiger partial charge in [0.1, 0.15) is 0 Å². The zero-order chi connectivity index (χ0) is 11.7. The van der Waals surface area contributed by atoms with Gasteiger partial charge in [-0.05, 0) is 26.0 Å². The van der Waals surface area contributed by atoms with Crippen LogP contribution in [0.5, 0.6) is 0 Å². The highest BCUT2D eigenvalue weighted by molar-refractivity contribution is 9.10. The van der Waals surface area contributed by atoms with Crippen LogP contribution in [0.2, 0.25) is 0 Å². The minimum atomic E-state index is -2.89. The third-order valence-corrected chi connectivity index (χ3v) is 2.42. The lowest BCUT2D eigenvalue weighted by molar-refractivity contribution is -0.0296. The van der Waals surface area contributed by atoms with E-state index in [-0.39, 0.29) is 12.0 Å². The van der Waals surface area contributed by atoms with Crippen LogP contribution in [0.4, 0.5) is 8.78 Å². The Labute approximate surface area is 96.8 Å². The van der Waals surface area contributed by atoms with Crippen molar-refractivity contribution in [3.05, 3.63) is 34.3 Å². The third-order valence-electron chi connectivity index (χ3n) is 1.92. The standard InChI is InChI=1S/C11H14BrF2N/c1-10(2,15)7-11(13,14)8-4-3-5-9(12)6-8/h3-6H,7,15H2,1-2H3. The van der Waals surface area contributed by atoms with Gasteiger partial charge in [0.25, 0.3) is 5.92 Å². The summed E-state index contributed by atoms with van der Waals surface area (Å²) in [5.74, 6) is -2.89. The number of nitrogens with two attached hydrogens (primary N) is 1. The summed E-state index contributed by atoms with van der Waals surface area (Å²) in [5, 5.41) is 0. The monoisotopic (exact) mass is 277 g/mol. The fraction of sp³-hybridized carbons (Fsp3) is 0.455. The number of rotatable bonds is 3. The Balaban J connectivity index is 2.95. The number of benzene rings is 1. The van der Waals surface area contributed by atoms with Crippen LogP contribution in [-0.2, 0) is 5.92 Å². The lowest BCUT2D eigenvalue weighted by Gasteiger charge is -2.26. The van der Waals surface area contributed by atoms with Crippen LogP contribution < -0.4 is 5.73 Å². The zero-order valence-corrected chi connectivity index (χ0v) is 10.3. The molecule has 0 atom stereocenters. The Morgan fingerprint density at radius 2 is 1.93 bits per heavy atom. The number of alkyl halides is 2. The number of halogens is 3. The Hall–Kier alpha value is -0.480. The number of hydrogen-bond acceptors (Lipinski definition) is 1. The fourth-order valence-electron chi connectivity index (χ4n) is 1.39. The van der Waals surface area contributed by atoms with Gasteiger partial charge in [0.15, 0.2) is 0 Å². The molecule has 0 aliphatic carbocycles. The average Bonchev–Trinajstić information content (AvgIpc) is 1.99. The first-order valence-electron chi connectivity index (χ1n) is 4.63. The zero-order valence-electron chi connectivity index (χ0n) is 8.73. The largest absolute Gasteiger partial charge is 0.325 e. The van der Waals surface area contributed by atoms with Crippen LogP contribution in [-0.4, -0.2) is 5.54 Å². The van der Waals surface area contributed by atoms with Crippen LogP contribution in [0.15, 0.2) is 28.7 Å². The topological polar surface area (TPSA) is 26.0 Å². The molecule has 2 N–H and O–H groups in total. The van der Waals surface area contributed by atoms with Crippen molar-refractivity contribution in [2.24, 2.45) is 5.73 Å². The molecule has 15 heavy (non-hydrogen) atoms. The molecule has 0 unspecified atom stereocenters. The van der Waals surface area contributed by atoms with Gasteiger partial charge in [-0.15, -0.1) is 0 Å². The van der Waals surface area contributed by atoms with Gasteiger partial charge >= 0.3 is 0 Å². The summed E-state index contributed by atoms with van der Waals surface area (Å²) in [6.07, 6.45) is -0.365. The van der Waals surface area contributed by atoms with Gasteiger partial charge < -0.3 is 5.73 Å². The summed E-state index contributed by atoms with van der Waals surface area (Å²) in [7, 11) is 0. The molecular formula is C11H14BrF2N. The fourth-order valence-corrected chi connectivity index (χ4v) is 1.79. The van der Waals surface area contributed by atoms with E-state index in [1.54, 1.807) is 26.0 Å². The second kappa shape index (κ2) is 4.18. The quantitative estimate of drug-likeness (QED) is 0.897. The first-order valence-corrected chi connectivity index (χ1v) is 5.43. The predicted octanol–water partition coefficient (Wildman–Crippen LogP) is 3.67. The molecular weight excluding hydrogens is 264 g/mol. The molecule has 0 radical (unpaired) electrons. The van der Waals surface area contributed by atoms with Crippen LogP contribution >= 0.6 is 15.9 Å². The molecule has 0 saturated carbocycles. The van der Waals surface area contributed by atoms with Gasteiger partial charge in [-0.1, -0.05) is 28.1 Å². The molecule has 0 aliphatic heterocycles. The van der Waals surface area contributed by atoms with Gasteiger partial charge in [0, 0.05) is 22.0 Å². The van der Waals surface area contributed by atoms with E-state index in [0.29, 0.717) is 4.47 Å². The van der Waals surface area contributed by atoms with E-state index in [1.165, 1.54) is 12.1 Å². The van der Waals surface area contributed by atoms with E-state index in [1.807, 2.05) is 0 Å². The summed E-state index contributed by atoms with van der Waals surface area (Å²) < 4.78 is 28.1. The molecule has 0 aliphatic rings. The third kappa shape index (κ3) is 3.87. The molecule has 0 fully saturated rings. The molecule has 0 saturated heterocycles. The normalized spacial score (nSPS) is 12.9. The average molecular weight is 278 g/mol. The summed E-state index contributed by atoms with van der Waals surface area (Å²) >= 11 is 3.17. The van der Waals surface area contributed by atoms with E-state index < -0.39 is 11.5 Å². The van der Waals surface area contributed by atoms with E-state index in [2.05, 4.69) is 15.9 Å². The smallest absolute Gasteiger partial charge is 0.275 e. The van der Waals surface area contributed by atoms with Gasteiger partial charge in [0.05, 0.1) is 0 Å². The lowest BCUT2D eigenvalue weighted by atomic mass is 9.93. The Morgan fingerprint density at radius 3 is 2.40 bits per heavy atom. The van der Waals surface area contributed by atoms with Gasteiger partial charge in [0.2, 0.25) is 0 Å². The molecule has 84 valence electrons. The molecule has 1 aromatic rings. The molecule has 0 amide bonds. The van der Waals surface area contributed by atoms with E-state index in [0.717, 1.165) is 0 Å². The SMILES string of the molecule is CC(C)(N)CC(F)(F)c1cccc(Br)c1. The van der Waals surface area contributed by atoms with Crippen LogP contribution in [0.1, 0.15) is 25.8 Å². The highest BCUT2D eigenvalue weighted by atomic mass is 79.9. The highest BCUT2D eigenvalue weighted by Gasteiger charge is 2.36. The molecule has 1 rings (SSSR count). The van der Waals surface area contributed by atoms with Crippen LogP contribution in [0.3, 0.4) is 0 Å². The Bertz CT molecular complexity index is 345. The van der Waals surface area contributed by atoms with Gasteiger partial charge in [-0.25, -0.2) is 8.78 Å². The van der Waals surface area contributed by atoms with Crippen LogP contribution in [0, 0.1) is 0 Å². The Morgan fingerprint density at radius 1 is 1.33 bits per heavy atom. The number of hydrogen-bond donors (Lipinski definition) is 1. The molecule has 0 heterocycles. The van der Waals surface area contributed by atoms with Crippen molar-refractivity contribution in [2.75, 3.05) is 0 Å².